The number of hydrogen-bond donors (Lipinski definition) is 1. The number of benzene rings is 1. The largest absolute Gasteiger partial charge is 0.508 e. The van der Waals surface area contributed by atoms with Crippen molar-refractivity contribution < 1.29 is 14.6 Å². The molecule has 1 aromatic rings. The molecule has 20 heavy (non-hydrogen) atoms. The maximum Gasteiger partial charge on any atom is 0.313 e. The fourth-order valence-electron chi connectivity index (χ4n) is 1.98. The quantitative estimate of drug-likeness (QED) is 0.827. The van der Waals surface area contributed by atoms with E-state index >= 15 is 0 Å². The molecular formula is C17H26O3. The highest BCUT2D eigenvalue weighted by molar-refractivity contribution is 5.78. The van der Waals surface area contributed by atoms with Crippen LogP contribution in [0.4, 0.5) is 0 Å². The lowest BCUT2D eigenvalue weighted by atomic mass is 9.85. The van der Waals surface area contributed by atoms with Crippen LogP contribution in [0, 0.1) is 0 Å². The topological polar surface area (TPSA) is 46.5 Å². The first-order chi connectivity index (χ1) is 8.92. The Hall–Kier alpha value is -1.51. The van der Waals surface area contributed by atoms with Gasteiger partial charge in [0.2, 0.25) is 0 Å². The molecule has 0 saturated heterocycles. The molecule has 0 aliphatic carbocycles. The second-order valence-electron chi connectivity index (χ2n) is 7.28. The zero-order chi connectivity index (χ0) is 15.7. The summed E-state index contributed by atoms with van der Waals surface area (Å²) in [5.74, 6) is -0.444. The number of phenolic OH excluding ortho intramolecular Hbond substituents is 1. The molecule has 0 radical (unpaired) electrons. The summed E-state index contributed by atoms with van der Waals surface area (Å²) in [5, 5.41) is 10.1. The molecular weight excluding hydrogens is 252 g/mol. The minimum absolute atomic E-state index is 0.127. The van der Waals surface area contributed by atoms with Crippen molar-refractivity contribution in [3.05, 3.63) is 29.3 Å². The summed E-state index contributed by atoms with van der Waals surface area (Å²) in [6, 6.07) is 5.43. The van der Waals surface area contributed by atoms with E-state index in [4.69, 9.17) is 4.74 Å². The van der Waals surface area contributed by atoms with Crippen molar-refractivity contribution in [2.75, 3.05) is 0 Å². The normalized spacial score (nSPS) is 13.9. The van der Waals surface area contributed by atoms with Crippen LogP contribution in [0.15, 0.2) is 18.2 Å². The third-order valence-electron chi connectivity index (χ3n) is 3.09. The summed E-state index contributed by atoms with van der Waals surface area (Å²) in [6.07, 6.45) is 0. The molecule has 0 amide bonds. The smallest absolute Gasteiger partial charge is 0.313 e. The number of rotatable bonds is 2. The Kier molecular flexibility index (Phi) is 4.52. The van der Waals surface area contributed by atoms with Crippen molar-refractivity contribution in [2.45, 2.75) is 65.4 Å². The van der Waals surface area contributed by atoms with Gasteiger partial charge in [-0.1, -0.05) is 32.9 Å². The molecule has 0 heterocycles. The van der Waals surface area contributed by atoms with Gasteiger partial charge >= 0.3 is 5.97 Å². The zero-order valence-corrected chi connectivity index (χ0v) is 13.6. The molecule has 0 fully saturated rings. The number of hydrogen-bond acceptors (Lipinski definition) is 3. The van der Waals surface area contributed by atoms with Crippen molar-refractivity contribution in [2.24, 2.45) is 0 Å². The molecule has 1 aromatic carbocycles. The summed E-state index contributed by atoms with van der Waals surface area (Å²) in [5.41, 5.74) is 1.01. The summed E-state index contributed by atoms with van der Waals surface area (Å²) in [6.45, 7) is 13.4. The maximum absolute atomic E-state index is 12.0. The number of aromatic hydroxyl groups is 1. The van der Waals surface area contributed by atoms with E-state index in [0.717, 1.165) is 11.1 Å². The first kappa shape index (κ1) is 16.5. The van der Waals surface area contributed by atoms with Gasteiger partial charge in [-0.2, -0.15) is 0 Å². The monoisotopic (exact) mass is 278 g/mol. The summed E-state index contributed by atoms with van der Waals surface area (Å²) in [7, 11) is 0. The van der Waals surface area contributed by atoms with Gasteiger partial charge in [0.1, 0.15) is 11.4 Å². The molecule has 3 heteroatoms. The van der Waals surface area contributed by atoms with Gasteiger partial charge in [0, 0.05) is 0 Å². The highest BCUT2D eigenvalue weighted by Crippen LogP contribution is 2.33. The van der Waals surface area contributed by atoms with E-state index in [2.05, 4.69) is 0 Å². The van der Waals surface area contributed by atoms with E-state index in [9.17, 15) is 9.90 Å². The predicted octanol–water partition coefficient (Wildman–Crippen LogP) is 4.13. The van der Waals surface area contributed by atoms with Gasteiger partial charge in [0.05, 0.1) is 5.92 Å². The fraction of sp³-hybridized carbons (Fsp3) is 0.588. The summed E-state index contributed by atoms with van der Waals surface area (Å²) >= 11 is 0. The van der Waals surface area contributed by atoms with Crippen LogP contribution in [-0.4, -0.2) is 16.7 Å². The van der Waals surface area contributed by atoms with Gasteiger partial charge in [-0.15, -0.1) is 0 Å². The van der Waals surface area contributed by atoms with Crippen LogP contribution < -0.4 is 0 Å². The first-order valence-corrected chi connectivity index (χ1v) is 6.98. The SMILES string of the molecule is CC(C(=O)OC(C)(C)C)c1ccc(C(C)(C)C)c(O)c1. The summed E-state index contributed by atoms with van der Waals surface area (Å²) < 4.78 is 5.37. The number of phenols is 1. The lowest BCUT2D eigenvalue weighted by molar-refractivity contribution is -0.156. The number of carbonyl (C=O) groups excluding carboxylic acids is 1. The van der Waals surface area contributed by atoms with Crippen molar-refractivity contribution >= 4 is 5.97 Å². The Morgan fingerprint density at radius 1 is 1.15 bits per heavy atom. The molecule has 0 aliphatic heterocycles. The Balaban J connectivity index is 2.99. The molecule has 0 aromatic heterocycles. The van der Waals surface area contributed by atoms with Crippen molar-refractivity contribution in [3.63, 3.8) is 0 Å². The van der Waals surface area contributed by atoms with Gasteiger partial charge in [0.25, 0.3) is 0 Å². The number of carbonyl (C=O) groups is 1. The fourth-order valence-corrected chi connectivity index (χ4v) is 1.98. The average molecular weight is 278 g/mol. The van der Waals surface area contributed by atoms with Crippen LogP contribution in [0.5, 0.6) is 5.75 Å². The molecule has 112 valence electrons. The van der Waals surface area contributed by atoms with E-state index in [1.54, 1.807) is 13.0 Å². The van der Waals surface area contributed by atoms with Crippen molar-refractivity contribution in [3.8, 4) is 5.75 Å². The number of esters is 1. The highest BCUT2D eigenvalue weighted by Gasteiger charge is 2.25. The molecule has 1 atom stereocenters. The Bertz CT molecular complexity index is 490. The van der Waals surface area contributed by atoms with E-state index in [-0.39, 0.29) is 17.1 Å². The van der Waals surface area contributed by atoms with E-state index in [0.29, 0.717) is 0 Å². The van der Waals surface area contributed by atoms with Gasteiger partial charge in [-0.25, -0.2) is 0 Å². The van der Waals surface area contributed by atoms with Crippen LogP contribution in [0.1, 0.15) is 65.5 Å². The highest BCUT2D eigenvalue weighted by atomic mass is 16.6. The van der Waals surface area contributed by atoms with Crippen LogP contribution in [0.2, 0.25) is 0 Å². The van der Waals surface area contributed by atoms with Gasteiger partial charge in [0.15, 0.2) is 0 Å². The average Bonchev–Trinajstić information content (AvgIpc) is 2.23. The summed E-state index contributed by atoms with van der Waals surface area (Å²) in [4.78, 5) is 12.0. The van der Waals surface area contributed by atoms with Crippen molar-refractivity contribution in [1.82, 2.24) is 0 Å². The lowest BCUT2D eigenvalue weighted by Crippen LogP contribution is -2.26. The zero-order valence-electron chi connectivity index (χ0n) is 13.6. The van der Waals surface area contributed by atoms with Gasteiger partial charge in [-0.05, 0) is 50.3 Å². The second-order valence-corrected chi connectivity index (χ2v) is 7.28. The molecule has 1 unspecified atom stereocenters. The van der Waals surface area contributed by atoms with Crippen LogP contribution in [0.3, 0.4) is 0 Å². The molecule has 1 N–H and O–H groups in total. The minimum Gasteiger partial charge on any atom is -0.508 e. The van der Waals surface area contributed by atoms with Gasteiger partial charge < -0.3 is 9.84 Å². The predicted molar refractivity (Wildman–Crippen MR) is 81.1 cm³/mol. The lowest BCUT2D eigenvalue weighted by Gasteiger charge is -2.24. The third-order valence-corrected chi connectivity index (χ3v) is 3.09. The van der Waals surface area contributed by atoms with E-state index in [1.165, 1.54) is 0 Å². The standard InChI is InChI=1S/C17H26O3/c1-11(15(19)20-17(5,6)7)12-8-9-13(14(18)10-12)16(2,3)4/h8-11,18H,1-7H3. The molecule has 0 saturated carbocycles. The second kappa shape index (κ2) is 5.47. The molecule has 0 aliphatic rings. The molecule has 0 bridgehead atoms. The third kappa shape index (κ3) is 4.26. The number of ether oxygens (including phenoxy) is 1. The van der Waals surface area contributed by atoms with Crippen molar-refractivity contribution in [1.29, 1.82) is 0 Å². The minimum atomic E-state index is -0.501. The molecule has 3 nitrogen and oxygen atoms in total. The first-order valence-electron chi connectivity index (χ1n) is 6.98. The van der Waals surface area contributed by atoms with Gasteiger partial charge in [-0.3, -0.25) is 4.79 Å². The Labute approximate surface area is 122 Å². The van der Waals surface area contributed by atoms with Crippen LogP contribution in [0.25, 0.3) is 0 Å². The maximum atomic E-state index is 12.0. The molecule has 0 spiro atoms. The van der Waals surface area contributed by atoms with E-state index < -0.39 is 11.5 Å². The van der Waals surface area contributed by atoms with Crippen LogP contribution in [-0.2, 0) is 14.9 Å². The Morgan fingerprint density at radius 2 is 1.70 bits per heavy atom. The Morgan fingerprint density at radius 3 is 2.10 bits per heavy atom. The van der Waals surface area contributed by atoms with Crippen LogP contribution >= 0.6 is 0 Å². The molecule has 1 rings (SSSR count). The van der Waals surface area contributed by atoms with E-state index in [1.807, 2.05) is 53.7 Å².